The molecule has 0 unspecified atom stereocenters. The first kappa shape index (κ1) is 17.1. The van der Waals surface area contributed by atoms with Gasteiger partial charge in [-0.3, -0.25) is 4.79 Å². The Morgan fingerprint density at radius 3 is 1.95 bits per heavy atom. The van der Waals surface area contributed by atoms with Gasteiger partial charge in [-0.25, -0.2) is 4.90 Å². The summed E-state index contributed by atoms with van der Waals surface area (Å²) >= 11 is 0. The molecule has 1 heterocycles. The predicted octanol–water partition coefficient (Wildman–Crippen LogP) is 3.10. The zero-order valence-electron chi connectivity index (χ0n) is 11.1. The van der Waals surface area contributed by atoms with Gasteiger partial charge in [-0.1, -0.05) is 20.8 Å². The monoisotopic (exact) mass is 307 g/mol. The molecule has 1 rings (SSSR count). The molecule has 0 aliphatic carbocycles. The van der Waals surface area contributed by atoms with Crippen LogP contribution < -0.4 is 0 Å². The first-order chi connectivity index (χ1) is 8.88. The van der Waals surface area contributed by atoms with Crippen molar-refractivity contribution >= 4 is 5.97 Å². The first-order valence-corrected chi connectivity index (χ1v) is 6.01. The van der Waals surface area contributed by atoms with Gasteiger partial charge in [0.15, 0.2) is 0 Å². The molecule has 0 aromatic rings. The number of likely N-dealkylation sites (N-methyl/N-ethyl adjacent to an activating group) is 1. The summed E-state index contributed by atoms with van der Waals surface area (Å²) in [5, 5.41) is 0. The van der Waals surface area contributed by atoms with Crippen molar-refractivity contribution in [2.45, 2.75) is 51.3 Å². The van der Waals surface area contributed by atoms with Crippen LogP contribution in [0.1, 0.15) is 27.2 Å². The fourth-order valence-electron chi connectivity index (χ4n) is 2.33. The Labute approximate surface area is 111 Å². The molecule has 0 amide bonds. The second-order valence-corrected chi connectivity index (χ2v) is 4.99. The minimum Gasteiger partial charge on any atom is -0.423 e. The Balaban J connectivity index is 3.36. The number of ether oxygens (including phenoxy) is 1. The minimum absolute atomic E-state index is 0.0509. The third-order valence-corrected chi connectivity index (χ3v) is 3.10. The zero-order chi connectivity index (χ0) is 15.9. The number of carbonyl (C=O) groups is 1. The second kappa shape index (κ2) is 5.09. The van der Waals surface area contributed by atoms with E-state index in [9.17, 15) is 31.1 Å². The lowest BCUT2D eigenvalue weighted by Crippen LogP contribution is -2.66. The molecule has 1 saturated heterocycles. The van der Waals surface area contributed by atoms with Crippen LogP contribution in [0.4, 0.5) is 26.3 Å². The highest BCUT2D eigenvalue weighted by Gasteiger charge is 2.81. The number of hydrogen-bond acceptors (Lipinski definition) is 3. The Kier molecular flexibility index (Phi) is 4.34. The highest BCUT2D eigenvalue weighted by molar-refractivity contribution is 5.78. The average molecular weight is 307 g/mol. The van der Waals surface area contributed by atoms with Crippen molar-refractivity contribution in [1.29, 1.82) is 0 Å². The first-order valence-electron chi connectivity index (χ1n) is 6.01. The maximum absolute atomic E-state index is 13.0. The lowest BCUT2D eigenvalue weighted by atomic mass is 10.0. The van der Waals surface area contributed by atoms with Crippen LogP contribution in [0.25, 0.3) is 0 Å². The molecule has 1 fully saturated rings. The zero-order valence-corrected chi connectivity index (χ0v) is 11.1. The van der Waals surface area contributed by atoms with Gasteiger partial charge in [0.1, 0.15) is 6.04 Å². The standard InChI is InChI=1S/C11H15F6NO2/c1-4-18-7(5-6(2)3)8(19)20-9(18,10(12,13)14)11(15,16)17/h6-7H,4-5H2,1-3H3/t7-/m0/s1. The van der Waals surface area contributed by atoms with Gasteiger partial charge in [-0.05, 0) is 12.3 Å². The highest BCUT2D eigenvalue weighted by Crippen LogP contribution is 2.52. The average Bonchev–Trinajstić information content (AvgIpc) is 2.50. The predicted molar refractivity (Wildman–Crippen MR) is 56.6 cm³/mol. The maximum atomic E-state index is 13.0. The summed E-state index contributed by atoms with van der Waals surface area (Å²) in [6.07, 6.45) is -11.7. The number of halogens is 6. The summed E-state index contributed by atoms with van der Waals surface area (Å²) in [6, 6.07) is -1.55. The third kappa shape index (κ3) is 2.47. The molecule has 1 atom stereocenters. The third-order valence-electron chi connectivity index (χ3n) is 3.10. The van der Waals surface area contributed by atoms with E-state index in [4.69, 9.17) is 0 Å². The molecule has 0 aromatic heterocycles. The summed E-state index contributed by atoms with van der Waals surface area (Å²) in [4.78, 5) is 11.6. The number of rotatable bonds is 3. The van der Waals surface area contributed by atoms with Gasteiger partial charge in [0, 0.05) is 6.54 Å². The Bertz CT molecular complexity index is 362. The van der Waals surface area contributed by atoms with E-state index in [0.717, 1.165) is 6.92 Å². The fourth-order valence-corrected chi connectivity index (χ4v) is 2.33. The van der Waals surface area contributed by atoms with Crippen molar-refractivity contribution in [1.82, 2.24) is 4.90 Å². The highest BCUT2D eigenvalue weighted by atomic mass is 19.4. The van der Waals surface area contributed by atoms with Crippen molar-refractivity contribution in [2.24, 2.45) is 5.92 Å². The summed E-state index contributed by atoms with van der Waals surface area (Å²) < 4.78 is 81.8. The molecule has 20 heavy (non-hydrogen) atoms. The molecule has 0 aromatic carbocycles. The van der Waals surface area contributed by atoms with E-state index >= 15 is 0 Å². The van der Waals surface area contributed by atoms with E-state index in [1.165, 1.54) is 0 Å². The van der Waals surface area contributed by atoms with E-state index in [-0.39, 0.29) is 17.2 Å². The van der Waals surface area contributed by atoms with Gasteiger partial charge < -0.3 is 4.74 Å². The lowest BCUT2D eigenvalue weighted by Gasteiger charge is -2.39. The van der Waals surface area contributed by atoms with Crippen LogP contribution in [0.5, 0.6) is 0 Å². The largest absolute Gasteiger partial charge is 0.453 e. The van der Waals surface area contributed by atoms with Crippen LogP contribution in [0.15, 0.2) is 0 Å². The van der Waals surface area contributed by atoms with Gasteiger partial charge in [-0.2, -0.15) is 26.3 Å². The van der Waals surface area contributed by atoms with Crippen molar-refractivity contribution in [3.8, 4) is 0 Å². The van der Waals surface area contributed by atoms with Crippen LogP contribution in [-0.4, -0.2) is 41.5 Å². The molecule has 0 bridgehead atoms. The van der Waals surface area contributed by atoms with E-state index in [0.29, 0.717) is 0 Å². The normalized spacial score (nSPS) is 24.3. The molecule has 0 radical (unpaired) electrons. The summed E-state index contributed by atoms with van der Waals surface area (Å²) in [5.74, 6) is -1.74. The van der Waals surface area contributed by atoms with Crippen molar-refractivity contribution in [2.75, 3.05) is 6.54 Å². The van der Waals surface area contributed by atoms with Crippen molar-refractivity contribution < 1.29 is 35.9 Å². The quantitative estimate of drug-likeness (QED) is 0.593. The Morgan fingerprint density at radius 2 is 1.65 bits per heavy atom. The maximum Gasteiger partial charge on any atom is 0.453 e. The number of carbonyl (C=O) groups excluding carboxylic acids is 1. The lowest BCUT2D eigenvalue weighted by molar-refractivity contribution is -0.401. The molecule has 0 spiro atoms. The smallest absolute Gasteiger partial charge is 0.423 e. The van der Waals surface area contributed by atoms with E-state index in [1.807, 2.05) is 0 Å². The molecule has 3 nitrogen and oxygen atoms in total. The number of hydrogen-bond donors (Lipinski definition) is 0. The van der Waals surface area contributed by atoms with Gasteiger partial charge in [-0.15, -0.1) is 0 Å². The van der Waals surface area contributed by atoms with Gasteiger partial charge >= 0.3 is 24.0 Å². The van der Waals surface area contributed by atoms with E-state index < -0.39 is 36.6 Å². The van der Waals surface area contributed by atoms with Crippen LogP contribution in [-0.2, 0) is 9.53 Å². The molecular weight excluding hydrogens is 292 g/mol. The molecule has 1 aliphatic rings. The molecule has 0 saturated carbocycles. The van der Waals surface area contributed by atoms with Crippen molar-refractivity contribution in [3.63, 3.8) is 0 Å². The number of esters is 1. The summed E-state index contributed by atoms with van der Waals surface area (Å²) in [5.41, 5.74) is -4.55. The van der Waals surface area contributed by atoms with Crippen molar-refractivity contribution in [3.05, 3.63) is 0 Å². The number of nitrogens with zero attached hydrogens (tertiary/aromatic N) is 1. The molecular formula is C11H15F6NO2. The molecule has 118 valence electrons. The van der Waals surface area contributed by atoms with Crippen LogP contribution in [0.2, 0.25) is 0 Å². The molecule has 1 aliphatic heterocycles. The summed E-state index contributed by atoms with van der Waals surface area (Å²) in [6.45, 7) is 3.72. The van der Waals surface area contributed by atoms with E-state index in [2.05, 4.69) is 4.74 Å². The van der Waals surface area contributed by atoms with Gasteiger partial charge in [0.05, 0.1) is 0 Å². The molecule has 0 N–H and O–H groups in total. The SMILES string of the molecule is CCN1[C@@H](CC(C)C)C(=O)OC1(C(F)(F)F)C(F)(F)F. The Morgan fingerprint density at radius 1 is 1.20 bits per heavy atom. The minimum atomic E-state index is -5.76. The van der Waals surface area contributed by atoms with Crippen LogP contribution in [0, 0.1) is 5.92 Å². The van der Waals surface area contributed by atoms with Gasteiger partial charge in [0.2, 0.25) is 0 Å². The van der Waals surface area contributed by atoms with Gasteiger partial charge in [0.25, 0.3) is 0 Å². The summed E-state index contributed by atoms with van der Waals surface area (Å²) in [7, 11) is 0. The molecule has 9 heteroatoms. The topological polar surface area (TPSA) is 29.5 Å². The van der Waals surface area contributed by atoms with Crippen LogP contribution in [0.3, 0.4) is 0 Å². The number of cyclic esters (lactones) is 1. The van der Waals surface area contributed by atoms with Crippen LogP contribution >= 0.6 is 0 Å². The Hall–Kier alpha value is -0.990. The number of alkyl halides is 6. The fraction of sp³-hybridized carbons (Fsp3) is 0.909. The van der Waals surface area contributed by atoms with E-state index in [1.54, 1.807) is 13.8 Å². The second-order valence-electron chi connectivity index (χ2n) is 4.99.